The zero-order valence-electron chi connectivity index (χ0n) is 13.3. The van der Waals surface area contributed by atoms with Crippen LogP contribution in [0.2, 0.25) is 5.02 Å². The molecule has 1 heterocycles. The highest BCUT2D eigenvalue weighted by molar-refractivity contribution is 6.31. The summed E-state index contributed by atoms with van der Waals surface area (Å²) in [5, 5.41) is 7.47. The predicted molar refractivity (Wildman–Crippen MR) is 95.5 cm³/mol. The third kappa shape index (κ3) is 2.92. The molecule has 120 valence electrons. The molecule has 0 radical (unpaired) electrons. The van der Waals surface area contributed by atoms with Crippen LogP contribution in [0.1, 0.15) is 23.6 Å². The van der Waals surface area contributed by atoms with Gasteiger partial charge in [0.1, 0.15) is 5.75 Å². The van der Waals surface area contributed by atoms with Crippen molar-refractivity contribution >= 4 is 23.0 Å². The van der Waals surface area contributed by atoms with Gasteiger partial charge >= 0.3 is 0 Å². The van der Waals surface area contributed by atoms with Crippen molar-refractivity contribution in [1.29, 1.82) is 0 Å². The van der Waals surface area contributed by atoms with E-state index in [1.807, 2.05) is 48.3 Å². The molecule has 2 N–H and O–H groups in total. The van der Waals surface area contributed by atoms with E-state index in [-0.39, 0.29) is 6.04 Å². The molecular weight excluding hydrogens is 310 g/mol. The van der Waals surface area contributed by atoms with Crippen molar-refractivity contribution < 1.29 is 4.74 Å². The summed E-state index contributed by atoms with van der Waals surface area (Å²) in [5.41, 5.74) is 9.92. The molecule has 2 aromatic carbocycles. The highest BCUT2D eigenvalue weighted by atomic mass is 35.5. The maximum Gasteiger partial charge on any atom is 0.124 e. The summed E-state index contributed by atoms with van der Waals surface area (Å²) in [6.45, 7) is 2.45. The van der Waals surface area contributed by atoms with Crippen LogP contribution in [0.3, 0.4) is 0 Å². The first-order valence-electron chi connectivity index (χ1n) is 7.59. The molecule has 0 aliphatic carbocycles. The average molecular weight is 330 g/mol. The monoisotopic (exact) mass is 329 g/mol. The van der Waals surface area contributed by atoms with E-state index in [1.54, 1.807) is 7.11 Å². The number of methoxy groups -OCH3 is 1. The van der Waals surface area contributed by atoms with Gasteiger partial charge in [0, 0.05) is 23.6 Å². The highest BCUT2D eigenvalue weighted by Crippen LogP contribution is 2.41. The van der Waals surface area contributed by atoms with Crippen LogP contribution in [0.4, 0.5) is 5.69 Å². The number of benzene rings is 2. The van der Waals surface area contributed by atoms with Gasteiger partial charge in [0.05, 0.1) is 24.6 Å². The van der Waals surface area contributed by atoms with Gasteiger partial charge < -0.3 is 10.5 Å². The standard InChI is InChI=1S/C18H20ClN3O/c1-12-15(19)7-5-8-16(12)22-17(10-13(11-20)21-22)14-6-3-4-9-18(14)23-2/h3-9,17H,10-11,20H2,1-2H3. The SMILES string of the molecule is COc1ccccc1C1CC(CN)=NN1c1cccc(Cl)c1C. The minimum Gasteiger partial charge on any atom is -0.496 e. The third-order valence-electron chi connectivity index (χ3n) is 4.19. The maximum absolute atomic E-state index is 6.29. The molecule has 0 saturated carbocycles. The number of hydrazone groups is 1. The number of rotatable bonds is 4. The van der Waals surface area contributed by atoms with E-state index in [9.17, 15) is 0 Å². The van der Waals surface area contributed by atoms with Crippen molar-refractivity contribution in [3.8, 4) is 5.75 Å². The Bertz CT molecular complexity index is 745. The molecule has 0 saturated heterocycles. The Labute approximate surface area is 141 Å². The molecule has 3 rings (SSSR count). The second-order valence-electron chi connectivity index (χ2n) is 5.56. The van der Waals surface area contributed by atoms with Gasteiger partial charge in [-0.3, -0.25) is 5.01 Å². The summed E-state index contributed by atoms with van der Waals surface area (Å²) in [7, 11) is 1.69. The lowest BCUT2D eigenvalue weighted by molar-refractivity contribution is 0.405. The molecule has 23 heavy (non-hydrogen) atoms. The quantitative estimate of drug-likeness (QED) is 0.924. The molecule has 1 aliphatic rings. The number of hydrogen-bond acceptors (Lipinski definition) is 4. The largest absolute Gasteiger partial charge is 0.496 e. The average Bonchev–Trinajstić information content (AvgIpc) is 3.01. The molecule has 4 nitrogen and oxygen atoms in total. The lowest BCUT2D eigenvalue weighted by atomic mass is 10.00. The fourth-order valence-corrected chi connectivity index (χ4v) is 3.12. The first-order valence-corrected chi connectivity index (χ1v) is 7.97. The normalized spacial score (nSPS) is 17.3. The number of ether oxygens (including phenoxy) is 1. The van der Waals surface area contributed by atoms with Gasteiger partial charge in [0.2, 0.25) is 0 Å². The summed E-state index contributed by atoms with van der Waals surface area (Å²) >= 11 is 6.29. The fourth-order valence-electron chi connectivity index (χ4n) is 2.95. The highest BCUT2D eigenvalue weighted by Gasteiger charge is 2.31. The van der Waals surface area contributed by atoms with Crippen LogP contribution in [-0.4, -0.2) is 19.4 Å². The van der Waals surface area contributed by atoms with E-state index in [4.69, 9.17) is 27.2 Å². The third-order valence-corrected chi connectivity index (χ3v) is 4.60. The van der Waals surface area contributed by atoms with E-state index in [2.05, 4.69) is 6.07 Å². The zero-order chi connectivity index (χ0) is 16.4. The number of nitrogens with two attached hydrogens (primary N) is 1. The number of anilines is 1. The number of para-hydroxylation sites is 1. The minimum absolute atomic E-state index is 0.0573. The van der Waals surface area contributed by atoms with Gasteiger partial charge in [-0.1, -0.05) is 35.9 Å². The Kier molecular flexibility index (Phi) is 4.55. The molecule has 0 aromatic heterocycles. The lowest BCUT2D eigenvalue weighted by Gasteiger charge is -2.27. The molecule has 1 unspecified atom stereocenters. The molecule has 0 spiro atoms. The van der Waals surface area contributed by atoms with Crippen molar-refractivity contribution in [3.63, 3.8) is 0 Å². The van der Waals surface area contributed by atoms with Gasteiger partial charge in [0.15, 0.2) is 0 Å². The molecule has 0 fully saturated rings. The smallest absolute Gasteiger partial charge is 0.124 e. The van der Waals surface area contributed by atoms with Crippen LogP contribution in [0, 0.1) is 6.92 Å². The van der Waals surface area contributed by atoms with Crippen molar-refractivity contribution in [3.05, 3.63) is 58.6 Å². The maximum atomic E-state index is 6.29. The van der Waals surface area contributed by atoms with Crippen molar-refractivity contribution in [2.75, 3.05) is 18.7 Å². The topological polar surface area (TPSA) is 50.9 Å². The molecular formula is C18H20ClN3O. The first kappa shape index (κ1) is 15.8. The van der Waals surface area contributed by atoms with Crippen molar-refractivity contribution in [2.45, 2.75) is 19.4 Å². The molecule has 0 bridgehead atoms. The Balaban J connectivity index is 2.08. The van der Waals surface area contributed by atoms with Crippen LogP contribution in [0.15, 0.2) is 47.6 Å². The molecule has 1 aliphatic heterocycles. The lowest BCUT2D eigenvalue weighted by Crippen LogP contribution is -2.20. The van der Waals surface area contributed by atoms with E-state index < -0.39 is 0 Å². The second kappa shape index (κ2) is 6.60. The predicted octanol–water partition coefficient (Wildman–Crippen LogP) is 3.92. The van der Waals surface area contributed by atoms with Gasteiger partial charge in [-0.2, -0.15) is 5.10 Å². The van der Waals surface area contributed by atoms with E-state index in [1.165, 1.54) is 0 Å². The number of hydrogen-bond donors (Lipinski definition) is 1. The van der Waals surface area contributed by atoms with Crippen LogP contribution in [-0.2, 0) is 0 Å². The van der Waals surface area contributed by atoms with Crippen molar-refractivity contribution in [1.82, 2.24) is 0 Å². The molecule has 5 heteroatoms. The van der Waals surface area contributed by atoms with Crippen LogP contribution >= 0.6 is 11.6 Å². The second-order valence-corrected chi connectivity index (χ2v) is 5.97. The fraction of sp³-hybridized carbons (Fsp3) is 0.278. The Morgan fingerprint density at radius 1 is 1.26 bits per heavy atom. The summed E-state index contributed by atoms with van der Waals surface area (Å²) in [5.74, 6) is 0.857. The Morgan fingerprint density at radius 2 is 2.04 bits per heavy atom. The van der Waals surface area contributed by atoms with E-state index in [0.717, 1.165) is 39.7 Å². The van der Waals surface area contributed by atoms with Crippen LogP contribution in [0.5, 0.6) is 5.75 Å². The van der Waals surface area contributed by atoms with Gasteiger partial charge in [-0.05, 0) is 30.7 Å². The molecule has 2 aromatic rings. The minimum atomic E-state index is 0.0573. The summed E-state index contributed by atoms with van der Waals surface area (Å²) in [4.78, 5) is 0. The van der Waals surface area contributed by atoms with Crippen LogP contribution < -0.4 is 15.5 Å². The molecule has 1 atom stereocenters. The first-order chi connectivity index (χ1) is 11.2. The van der Waals surface area contributed by atoms with E-state index >= 15 is 0 Å². The number of nitrogens with zero attached hydrogens (tertiary/aromatic N) is 2. The van der Waals surface area contributed by atoms with Gasteiger partial charge in [-0.15, -0.1) is 0 Å². The van der Waals surface area contributed by atoms with Gasteiger partial charge in [0.25, 0.3) is 0 Å². The summed E-state index contributed by atoms with van der Waals surface area (Å²) in [6, 6.07) is 14.0. The zero-order valence-corrected chi connectivity index (χ0v) is 14.0. The Morgan fingerprint density at radius 3 is 2.78 bits per heavy atom. The van der Waals surface area contributed by atoms with Crippen molar-refractivity contribution in [2.24, 2.45) is 10.8 Å². The Hall–Kier alpha value is -2.04. The molecule has 0 amide bonds. The number of halogens is 1. The van der Waals surface area contributed by atoms with Gasteiger partial charge in [-0.25, -0.2) is 0 Å². The summed E-state index contributed by atoms with van der Waals surface area (Å²) < 4.78 is 5.53. The van der Waals surface area contributed by atoms with Crippen LogP contribution in [0.25, 0.3) is 0 Å². The summed E-state index contributed by atoms with van der Waals surface area (Å²) in [6.07, 6.45) is 0.781. The van der Waals surface area contributed by atoms with E-state index in [0.29, 0.717) is 6.54 Å².